The van der Waals surface area contributed by atoms with E-state index in [1.54, 1.807) is 31.3 Å². The van der Waals surface area contributed by atoms with Crippen LogP contribution in [-0.4, -0.2) is 56.6 Å². The summed E-state index contributed by atoms with van der Waals surface area (Å²) >= 11 is 3.25. The lowest BCUT2D eigenvalue weighted by Gasteiger charge is -2.19. The molecule has 0 aliphatic heterocycles. The summed E-state index contributed by atoms with van der Waals surface area (Å²) < 4.78 is 26.5. The van der Waals surface area contributed by atoms with Crippen LogP contribution in [0.15, 0.2) is 51.8 Å². The first-order valence-corrected chi connectivity index (χ1v) is 11.7. The van der Waals surface area contributed by atoms with Crippen molar-refractivity contribution in [2.75, 3.05) is 21.1 Å². The van der Waals surface area contributed by atoms with E-state index >= 15 is 0 Å². The number of rotatable bonds is 7. The standard InChI is InChI=1S/C21H24BrN3O4S/c1-24(2)30(28,29)19-12-16(8-11-18(19)22)21(27)25(3)13-14-4-6-15(7-5-14)20(26)23-17-9-10-17/h4-8,11-12,17H,9-10,13H2,1-3H3,(H,23,26). The SMILES string of the molecule is CN(Cc1ccc(C(=O)NC2CC2)cc1)C(=O)c1ccc(Br)c(S(=O)(=O)N(C)C)c1. The molecule has 0 saturated heterocycles. The number of carbonyl (C=O) groups excluding carboxylic acids is 2. The predicted octanol–water partition coefficient (Wildman–Crippen LogP) is 2.86. The van der Waals surface area contributed by atoms with E-state index in [9.17, 15) is 18.0 Å². The van der Waals surface area contributed by atoms with E-state index in [2.05, 4.69) is 21.2 Å². The lowest BCUT2D eigenvalue weighted by atomic mass is 10.1. The number of nitrogens with zero attached hydrogens (tertiary/aromatic N) is 2. The summed E-state index contributed by atoms with van der Waals surface area (Å²) in [6, 6.07) is 11.9. The molecule has 30 heavy (non-hydrogen) atoms. The normalized spacial score (nSPS) is 13.9. The minimum Gasteiger partial charge on any atom is -0.349 e. The molecule has 2 aromatic carbocycles. The number of hydrogen-bond donors (Lipinski definition) is 1. The number of carbonyl (C=O) groups is 2. The third-order valence-corrected chi connectivity index (χ3v) is 7.64. The van der Waals surface area contributed by atoms with Crippen molar-refractivity contribution in [2.24, 2.45) is 0 Å². The summed E-state index contributed by atoms with van der Waals surface area (Å²) in [5.74, 6) is -0.383. The number of amides is 2. The molecule has 9 heteroatoms. The smallest absolute Gasteiger partial charge is 0.253 e. The van der Waals surface area contributed by atoms with Crippen molar-refractivity contribution in [3.63, 3.8) is 0 Å². The fourth-order valence-electron chi connectivity index (χ4n) is 2.85. The van der Waals surface area contributed by atoms with Gasteiger partial charge in [-0.2, -0.15) is 0 Å². The number of benzene rings is 2. The highest BCUT2D eigenvalue weighted by atomic mass is 79.9. The molecule has 3 rings (SSSR count). The second-order valence-corrected chi connectivity index (χ2v) is 10.5. The summed E-state index contributed by atoms with van der Waals surface area (Å²) in [5.41, 5.74) is 1.74. The molecule has 0 radical (unpaired) electrons. The molecule has 2 aromatic rings. The average Bonchev–Trinajstić information content (AvgIpc) is 3.52. The third-order valence-electron chi connectivity index (χ3n) is 4.83. The maximum Gasteiger partial charge on any atom is 0.253 e. The molecular weight excluding hydrogens is 470 g/mol. The number of nitrogens with one attached hydrogen (secondary N) is 1. The van der Waals surface area contributed by atoms with Gasteiger partial charge in [-0.1, -0.05) is 12.1 Å². The summed E-state index contributed by atoms with van der Waals surface area (Å²) in [7, 11) is 0.846. The van der Waals surface area contributed by atoms with E-state index in [-0.39, 0.29) is 22.3 Å². The van der Waals surface area contributed by atoms with Crippen LogP contribution in [0.5, 0.6) is 0 Å². The molecule has 160 valence electrons. The Morgan fingerprint density at radius 2 is 1.63 bits per heavy atom. The van der Waals surface area contributed by atoms with Crippen LogP contribution in [0.4, 0.5) is 0 Å². The van der Waals surface area contributed by atoms with Gasteiger partial charge in [0.1, 0.15) is 0 Å². The van der Waals surface area contributed by atoms with Crippen molar-refractivity contribution in [1.82, 2.24) is 14.5 Å². The van der Waals surface area contributed by atoms with Crippen molar-refractivity contribution in [1.29, 1.82) is 0 Å². The number of sulfonamides is 1. The van der Waals surface area contributed by atoms with E-state index in [0.717, 1.165) is 22.7 Å². The minimum absolute atomic E-state index is 0.0396. The predicted molar refractivity (Wildman–Crippen MR) is 118 cm³/mol. The highest BCUT2D eigenvalue weighted by Gasteiger charge is 2.24. The van der Waals surface area contributed by atoms with Gasteiger partial charge in [-0.15, -0.1) is 0 Å². The van der Waals surface area contributed by atoms with Gasteiger partial charge < -0.3 is 10.2 Å². The molecular formula is C21H24BrN3O4S. The highest BCUT2D eigenvalue weighted by Crippen LogP contribution is 2.26. The Morgan fingerprint density at radius 3 is 2.20 bits per heavy atom. The van der Waals surface area contributed by atoms with Crippen LogP contribution in [0.25, 0.3) is 0 Å². The van der Waals surface area contributed by atoms with Crippen molar-refractivity contribution < 1.29 is 18.0 Å². The average molecular weight is 494 g/mol. The Labute approximate surface area is 185 Å². The Hall–Kier alpha value is -2.23. The second-order valence-electron chi connectivity index (χ2n) is 7.54. The zero-order valence-electron chi connectivity index (χ0n) is 17.1. The third kappa shape index (κ3) is 5.08. The van der Waals surface area contributed by atoms with E-state index in [1.807, 2.05) is 12.1 Å². The topological polar surface area (TPSA) is 86.8 Å². The van der Waals surface area contributed by atoms with E-state index in [0.29, 0.717) is 22.6 Å². The molecule has 1 aliphatic carbocycles. The van der Waals surface area contributed by atoms with E-state index < -0.39 is 10.0 Å². The summed E-state index contributed by atoms with van der Waals surface area (Å²) in [6.07, 6.45) is 2.06. The van der Waals surface area contributed by atoms with Gasteiger partial charge in [-0.25, -0.2) is 12.7 Å². The largest absolute Gasteiger partial charge is 0.349 e. The van der Waals surface area contributed by atoms with Crippen molar-refractivity contribution >= 4 is 37.8 Å². The first kappa shape index (κ1) is 22.5. The molecule has 0 bridgehead atoms. The molecule has 0 unspecified atom stereocenters. The zero-order valence-corrected chi connectivity index (χ0v) is 19.5. The monoisotopic (exact) mass is 493 g/mol. The maximum absolute atomic E-state index is 12.9. The van der Waals surface area contributed by atoms with Gasteiger partial charge in [0.25, 0.3) is 11.8 Å². The fraction of sp³-hybridized carbons (Fsp3) is 0.333. The summed E-state index contributed by atoms with van der Waals surface area (Å²) in [6.45, 7) is 0.329. The molecule has 1 fully saturated rings. The highest BCUT2D eigenvalue weighted by molar-refractivity contribution is 9.10. The number of hydrogen-bond acceptors (Lipinski definition) is 4. The van der Waals surface area contributed by atoms with Crippen LogP contribution < -0.4 is 5.32 Å². The zero-order chi connectivity index (χ0) is 22.1. The lowest BCUT2D eigenvalue weighted by Crippen LogP contribution is -2.27. The van der Waals surface area contributed by atoms with Gasteiger partial charge in [0.15, 0.2) is 0 Å². The van der Waals surface area contributed by atoms with Crippen LogP contribution in [-0.2, 0) is 16.6 Å². The molecule has 0 aromatic heterocycles. The Morgan fingerprint density at radius 1 is 1.03 bits per heavy atom. The summed E-state index contributed by atoms with van der Waals surface area (Å²) in [4.78, 5) is 26.5. The molecule has 1 N–H and O–H groups in total. The summed E-state index contributed by atoms with van der Waals surface area (Å²) in [5, 5.41) is 2.94. The van der Waals surface area contributed by atoms with Crippen LogP contribution in [0.2, 0.25) is 0 Å². The fourth-order valence-corrected chi connectivity index (χ4v) is 4.70. The van der Waals surface area contributed by atoms with Crippen LogP contribution in [0.3, 0.4) is 0 Å². The first-order valence-electron chi connectivity index (χ1n) is 9.47. The second kappa shape index (κ2) is 8.87. The molecule has 7 nitrogen and oxygen atoms in total. The van der Waals surface area contributed by atoms with Crippen LogP contribution >= 0.6 is 15.9 Å². The minimum atomic E-state index is -3.69. The Bertz CT molecular complexity index is 1060. The van der Waals surface area contributed by atoms with Gasteiger partial charge in [-0.05, 0) is 64.7 Å². The van der Waals surface area contributed by atoms with Crippen molar-refractivity contribution in [3.8, 4) is 0 Å². The van der Waals surface area contributed by atoms with Crippen LogP contribution in [0.1, 0.15) is 39.1 Å². The molecule has 0 atom stereocenters. The van der Waals surface area contributed by atoms with Crippen molar-refractivity contribution in [2.45, 2.75) is 30.3 Å². The Kier molecular flexibility index (Phi) is 6.64. The molecule has 0 spiro atoms. The van der Waals surface area contributed by atoms with Gasteiger partial charge >= 0.3 is 0 Å². The van der Waals surface area contributed by atoms with E-state index in [1.165, 1.54) is 25.1 Å². The quantitative estimate of drug-likeness (QED) is 0.642. The van der Waals surface area contributed by atoms with Gasteiger partial charge in [0.05, 0.1) is 4.90 Å². The molecule has 0 heterocycles. The van der Waals surface area contributed by atoms with E-state index in [4.69, 9.17) is 0 Å². The first-order chi connectivity index (χ1) is 14.1. The lowest BCUT2D eigenvalue weighted by molar-refractivity contribution is 0.0784. The van der Waals surface area contributed by atoms with Gasteiger partial charge in [0.2, 0.25) is 10.0 Å². The van der Waals surface area contributed by atoms with Crippen molar-refractivity contribution in [3.05, 3.63) is 63.6 Å². The number of halogens is 1. The molecule has 1 saturated carbocycles. The van der Waals surface area contributed by atoms with Gasteiger partial charge in [-0.3, -0.25) is 9.59 Å². The maximum atomic E-state index is 12.9. The van der Waals surface area contributed by atoms with Gasteiger partial charge in [0, 0.05) is 49.3 Å². The Balaban J connectivity index is 1.72. The molecule has 1 aliphatic rings. The van der Waals surface area contributed by atoms with Crippen LogP contribution in [0, 0.1) is 0 Å². The molecule has 2 amide bonds.